The number of aromatic nitrogens is 1. The Morgan fingerprint density at radius 1 is 1.06 bits per heavy atom. The van der Waals surface area contributed by atoms with Gasteiger partial charge >= 0.3 is 0 Å². The van der Waals surface area contributed by atoms with Crippen LogP contribution in [0.5, 0.6) is 0 Å². The minimum atomic E-state index is 1.26. The highest BCUT2D eigenvalue weighted by molar-refractivity contribution is 5.89. The maximum Gasteiger partial charge on any atom is 0.0488 e. The predicted molar refractivity (Wildman–Crippen MR) is 69.0 cm³/mol. The Balaban J connectivity index is 2.44. The smallest absolute Gasteiger partial charge is 0.0488 e. The molecule has 2 aromatic rings. The van der Waals surface area contributed by atoms with E-state index >= 15 is 0 Å². The van der Waals surface area contributed by atoms with E-state index in [9.17, 15) is 0 Å². The molecule has 1 aliphatic carbocycles. The maximum atomic E-state index is 2.42. The molecular weight excluding hydrogens is 194 g/mol. The van der Waals surface area contributed by atoms with Gasteiger partial charge in [-0.15, -0.1) is 0 Å². The van der Waals surface area contributed by atoms with Crippen LogP contribution in [0.25, 0.3) is 10.9 Å². The lowest BCUT2D eigenvalue weighted by Crippen LogP contribution is -2.04. The zero-order chi connectivity index (χ0) is 11.3. The topological polar surface area (TPSA) is 4.93 Å². The fourth-order valence-corrected chi connectivity index (χ4v) is 3.28. The second-order valence-electron chi connectivity index (χ2n) is 5.17. The van der Waals surface area contributed by atoms with Gasteiger partial charge in [-0.25, -0.2) is 0 Å². The van der Waals surface area contributed by atoms with Gasteiger partial charge in [0.15, 0.2) is 0 Å². The Morgan fingerprint density at radius 3 is 2.62 bits per heavy atom. The van der Waals surface area contributed by atoms with Crippen LogP contribution in [-0.4, -0.2) is 4.57 Å². The first-order chi connectivity index (χ1) is 7.68. The molecule has 0 bridgehead atoms. The zero-order valence-corrected chi connectivity index (χ0v) is 10.4. The third-order valence-electron chi connectivity index (χ3n) is 3.97. The third kappa shape index (κ3) is 1.24. The van der Waals surface area contributed by atoms with Gasteiger partial charge in [0, 0.05) is 23.6 Å². The molecule has 1 nitrogen and oxygen atoms in total. The largest absolute Gasteiger partial charge is 0.347 e. The summed E-state index contributed by atoms with van der Waals surface area (Å²) in [6.45, 7) is 4.45. The monoisotopic (exact) mass is 213 g/mol. The molecule has 0 saturated carbocycles. The van der Waals surface area contributed by atoms with Crippen molar-refractivity contribution in [2.75, 3.05) is 0 Å². The highest BCUT2D eigenvalue weighted by Gasteiger charge is 2.19. The lowest BCUT2D eigenvalue weighted by molar-refractivity contribution is 0.653. The van der Waals surface area contributed by atoms with Crippen molar-refractivity contribution >= 4 is 10.9 Å². The van der Waals surface area contributed by atoms with Crippen molar-refractivity contribution in [1.29, 1.82) is 0 Å². The van der Waals surface area contributed by atoms with Crippen molar-refractivity contribution in [3.63, 3.8) is 0 Å². The normalized spacial score (nSPS) is 15.4. The average Bonchev–Trinajstić information content (AvgIpc) is 2.54. The Bertz CT molecular complexity index is 561. The molecule has 1 aliphatic rings. The predicted octanol–water partition coefficient (Wildman–Crippen LogP) is 3.67. The Kier molecular flexibility index (Phi) is 2.10. The van der Waals surface area contributed by atoms with Crippen molar-refractivity contribution in [2.45, 2.75) is 39.5 Å². The van der Waals surface area contributed by atoms with Crippen LogP contribution >= 0.6 is 0 Å². The number of hydrogen-bond donors (Lipinski definition) is 0. The molecular formula is C15H19N. The van der Waals surface area contributed by atoms with Crippen LogP contribution in [0.3, 0.4) is 0 Å². The average molecular weight is 213 g/mol. The van der Waals surface area contributed by atoms with E-state index in [1.807, 2.05) is 0 Å². The van der Waals surface area contributed by atoms with E-state index in [2.05, 4.69) is 37.6 Å². The molecule has 0 spiro atoms. The second kappa shape index (κ2) is 3.38. The fraction of sp³-hybridized carbons (Fsp3) is 0.467. The van der Waals surface area contributed by atoms with Gasteiger partial charge in [0.05, 0.1) is 0 Å². The molecule has 1 heteroatoms. The van der Waals surface area contributed by atoms with Gasteiger partial charge in [-0.05, 0) is 62.3 Å². The summed E-state index contributed by atoms with van der Waals surface area (Å²) in [7, 11) is 2.23. The SMILES string of the molecule is Cc1cc(C)c2c3c(n(C)c2c1)CCCC3. The molecule has 0 aliphatic heterocycles. The minimum absolute atomic E-state index is 1.26. The van der Waals surface area contributed by atoms with Gasteiger partial charge in [-0.2, -0.15) is 0 Å². The quantitative estimate of drug-likeness (QED) is 0.629. The van der Waals surface area contributed by atoms with Gasteiger partial charge in [-0.1, -0.05) is 6.07 Å². The van der Waals surface area contributed by atoms with Crippen LogP contribution in [-0.2, 0) is 19.9 Å². The number of hydrogen-bond acceptors (Lipinski definition) is 0. The number of benzene rings is 1. The number of nitrogens with zero attached hydrogens (tertiary/aromatic N) is 1. The molecule has 0 atom stereocenters. The highest BCUT2D eigenvalue weighted by atomic mass is 15.0. The summed E-state index contributed by atoms with van der Waals surface area (Å²) in [4.78, 5) is 0. The van der Waals surface area contributed by atoms with E-state index in [1.54, 1.807) is 11.3 Å². The Hall–Kier alpha value is -1.24. The maximum absolute atomic E-state index is 2.42. The first-order valence-electron chi connectivity index (χ1n) is 6.26. The molecule has 0 fully saturated rings. The van der Waals surface area contributed by atoms with E-state index in [4.69, 9.17) is 0 Å². The minimum Gasteiger partial charge on any atom is -0.347 e. The summed E-state index contributed by atoms with van der Waals surface area (Å²) in [5, 5.41) is 1.53. The molecule has 1 aromatic heterocycles. The Morgan fingerprint density at radius 2 is 1.81 bits per heavy atom. The summed E-state index contributed by atoms with van der Waals surface area (Å²) in [5.74, 6) is 0. The molecule has 1 aromatic carbocycles. The van der Waals surface area contributed by atoms with E-state index in [-0.39, 0.29) is 0 Å². The van der Waals surface area contributed by atoms with E-state index in [0.29, 0.717) is 0 Å². The number of aryl methyl sites for hydroxylation is 4. The lowest BCUT2D eigenvalue weighted by atomic mass is 9.93. The lowest BCUT2D eigenvalue weighted by Gasteiger charge is -2.13. The Labute approximate surface area is 97.1 Å². The van der Waals surface area contributed by atoms with Gasteiger partial charge in [0.1, 0.15) is 0 Å². The van der Waals surface area contributed by atoms with Crippen LogP contribution < -0.4 is 0 Å². The van der Waals surface area contributed by atoms with Crippen molar-refractivity contribution in [2.24, 2.45) is 7.05 Å². The van der Waals surface area contributed by atoms with Gasteiger partial charge in [-0.3, -0.25) is 0 Å². The van der Waals surface area contributed by atoms with Crippen molar-refractivity contribution in [3.05, 3.63) is 34.5 Å². The molecule has 3 rings (SSSR count). The molecule has 0 unspecified atom stereocenters. The molecule has 1 heterocycles. The molecule has 0 N–H and O–H groups in total. The highest BCUT2D eigenvalue weighted by Crippen LogP contribution is 2.33. The van der Waals surface area contributed by atoms with Gasteiger partial charge in [0.2, 0.25) is 0 Å². The van der Waals surface area contributed by atoms with E-state index in [0.717, 1.165) is 0 Å². The van der Waals surface area contributed by atoms with Crippen LogP contribution in [0.1, 0.15) is 35.2 Å². The summed E-state index contributed by atoms with van der Waals surface area (Å²) in [5.41, 5.74) is 7.47. The third-order valence-corrected chi connectivity index (χ3v) is 3.97. The fourth-order valence-electron chi connectivity index (χ4n) is 3.28. The number of rotatable bonds is 0. The summed E-state index contributed by atoms with van der Waals surface area (Å²) in [6.07, 6.45) is 5.25. The first kappa shape index (κ1) is 9.95. The van der Waals surface area contributed by atoms with E-state index < -0.39 is 0 Å². The second-order valence-corrected chi connectivity index (χ2v) is 5.17. The van der Waals surface area contributed by atoms with Crippen LogP contribution in [0.2, 0.25) is 0 Å². The van der Waals surface area contributed by atoms with Crippen molar-refractivity contribution in [3.8, 4) is 0 Å². The molecule has 0 radical (unpaired) electrons. The van der Waals surface area contributed by atoms with Crippen LogP contribution in [0, 0.1) is 13.8 Å². The molecule has 84 valence electrons. The standard InChI is InChI=1S/C15H19N/c1-10-8-11(2)15-12-6-4-5-7-13(12)16(3)14(15)9-10/h8-9H,4-7H2,1-3H3. The molecule has 0 amide bonds. The number of fused-ring (bicyclic) bond motifs is 3. The van der Waals surface area contributed by atoms with Crippen molar-refractivity contribution < 1.29 is 0 Å². The van der Waals surface area contributed by atoms with Crippen LogP contribution in [0.15, 0.2) is 12.1 Å². The zero-order valence-electron chi connectivity index (χ0n) is 10.4. The van der Waals surface area contributed by atoms with Crippen molar-refractivity contribution in [1.82, 2.24) is 4.57 Å². The molecule has 0 saturated heterocycles. The first-order valence-corrected chi connectivity index (χ1v) is 6.26. The van der Waals surface area contributed by atoms with Gasteiger partial charge in [0.25, 0.3) is 0 Å². The molecule has 16 heavy (non-hydrogen) atoms. The summed E-state index contributed by atoms with van der Waals surface area (Å²) in [6, 6.07) is 4.65. The summed E-state index contributed by atoms with van der Waals surface area (Å²) >= 11 is 0. The van der Waals surface area contributed by atoms with E-state index in [1.165, 1.54) is 47.7 Å². The van der Waals surface area contributed by atoms with Gasteiger partial charge < -0.3 is 4.57 Å². The van der Waals surface area contributed by atoms with Crippen LogP contribution in [0.4, 0.5) is 0 Å². The summed E-state index contributed by atoms with van der Waals surface area (Å²) < 4.78 is 2.42.